The maximum Gasteiger partial charge on any atom is 1.00 e. The molecule has 0 aromatic rings. The molecule has 0 rings (SSSR count). The Hall–Kier alpha value is 0.116. The average molecular weight is 211 g/mol. The Kier molecular flexibility index (Phi) is 10.4. The van der Waals surface area contributed by atoms with Crippen molar-refractivity contribution in [1.29, 1.82) is 0 Å². The summed E-state index contributed by atoms with van der Waals surface area (Å²) in [5, 5.41) is 12.4. The summed E-state index contributed by atoms with van der Waals surface area (Å²) in [6.45, 7) is 1.24. The molecule has 0 saturated heterocycles. The molecular formula is C7H10KNO4. The van der Waals surface area contributed by atoms with Gasteiger partial charge in [0.25, 0.3) is 0 Å². The molecule has 0 aliphatic carbocycles. The normalized spacial score (nSPS) is 9.85. The Morgan fingerprint density at radius 1 is 1.54 bits per heavy atom. The number of carbonyl (C=O) groups is 2. The van der Waals surface area contributed by atoms with E-state index in [1.807, 2.05) is 0 Å². The third-order valence-electron chi connectivity index (χ3n) is 1.05. The van der Waals surface area contributed by atoms with Crippen LogP contribution in [0.25, 0.3) is 0 Å². The van der Waals surface area contributed by atoms with Crippen molar-refractivity contribution >= 4 is 11.9 Å². The van der Waals surface area contributed by atoms with E-state index in [0.717, 1.165) is 6.08 Å². The van der Waals surface area contributed by atoms with E-state index in [2.05, 4.69) is 10.1 Å². The Labute approximate surface area is 119 Å². The van der Waals surface area contributed by atoms with E-state index < -0.39 is 11.9 Å². The van der Waals surface area contributed by atoms with Gasteiger partial charge in [-0.1, -0.05) is 0 Å². The Morgan fingerprint density at radius 3 is 2.46 bits per heavy atom. The van der Waals surface area contributed by atoms with Crippen molar-refractivity contribution in [3.63, 3.8) is 0 Å². The maximum absolute atomic E-state index is 10.6. The standard InChI is InChI=1S/C7H11NO4.K/c1-5(3-7(11)12-2)8-4-6(9)10;/h3,8H,4H2,1-2H3,(H,9,10);/q;+1/p-1/b5-3-;. The minimum Gasteiger partial charge on any atom is -0.548 e. The van der Waals surface area contributed by atoms with E-state index in [0.29, 0.717) is 5.70 Å². The zero-order chi connectivity index (χ0) is 9.56. The van der Waals surface area contributed by atoms with Gasteiger partial charge in [-0.3, -0.25) is 0 Å². The first-order valence-corrected chi connectivity index (χ1v) is 3.26. The van der Waals surface area contributed by atoms with E-state index in [4.69, 9.17) is 0 Å². The van der Waals surface area contributed by atoms with Crippen LogP contribution in [-0.4, -0.2) is 25.6 Å². The van der Waals surface area contributed by atoms with Gasteiger partial charge in [-0.2, -0.15) is 0 Å². The molecule has 0 unspecified atom stereocenters. The van der Waals surface area contributed by atoms with Crippen LogP contribution in [0.3, 0.4) is 0 Å². The van der Waals surface area contributed by atoms with Crippen LogP contribution in [0, 0.1) is 0 Å². The fraction of sp³-hybridized carbons (Fsp3) is 0.429. The maximum atomic E-state index is 10.6. The molecule has 0 amide bonds. The fourth-order valence-electron chi connectivity index (χ4n) is 0.498. The molecule has 0 fully saturated rings. The molecule has 5 nitrogen and oxygen atoms in total. The number of nitrogens with one attached hydrogen (secondary N) is 1. The molecule has 0 aromatic heterocycles. The Morgan fingerprint density at radius 2 is 2.08 bits per heavy atom. The molecule has 0 spiro atoms. The Balaban J connectivity index is 0. The molecule has 0 saturated carbocycles. The molecule has 13 heavy (non-hydrogen) atoms. The molecule has 0 aliphatic heterocycles. The van der Waals surface area contributed by atoms with Gasteiger partial charge in [0.1, 0.15) is 0 Å². The number of hydrogen-bond donors (Lipinski definition) is 1. The van der Waals surface area contributed by atoms with Gasteiger partial charge in [-0.05, 0) is 6.92 Å². The van der Waals surface area contributed by atoms with Crippen molar-refractivity contribution in [3.05, 3.63) is 11.8 Å². The van der Waals surface area contributed by atoms with Gasteiger partial charge in [-0.15, -0.1) is 0 Å². The van der Waals surface area contributed by atoms with Gasteiger partial charge >= 0.3 is 57.4 Å². The number of methoxy groups -OCH3 is 1. The number of aliphatic carboxylic acids is 1. The summed E-state index contributed by atoms with van der Waals surface area (Å²) >= 11 is 0. The smallest absolute Gasteiger partial charge is 0.548 e. The molecule has 1 N–H and O–H groups in total. The second-order valence-electron chi connectivity index (χ2n) is 2.08. The molecule has 0 aliphatic rings. The topological polar surface area (TPSA) is 78.5 Å². The number of esters is 1. The van der Waals surface area contributed by atoms with E-state index >= 15 is 0 Å². The van der Waals surface area contributed by atoms with Crippen molar-refractivity contribution in [2.24, 2.45) is 0 Å². The van der Waals surface area contributed by atoms with Crippen LogP contribution in [0.4, 0.5) is 0 Å². The molecule has 6 heteroatoms. The van der Waals surface area contributed by atoms with Gasteiger partial charge in [-0.25, -0.2) is 4.79 Å². The van der Waals surface area contributed by atoms with Gasteiger partial charge in [0.05, 0.1) is 19.6 Å². The number of rotatable bonds is 4. The first kappa shape index (κ1) is 15.6. The minimum atomic E-state index is -1.23. The quantitative estimate of drug-likeness (QED) is 0.288. The van der Waals surface area contributed by atoms with Crippen molar-refractivity contribution in [2.75, 3.05) is 13.7 Å². The molecule has 0 bridgehead atoms. The number of hydrogen-bond acceptors (Lipinski definition) is 5. The summed E-state index contributed by atoms with van der Waals surface area (Å²) in [7, 11) is 1.24. The van der Waals surface area contributed by atoms with E-state index in [1.54, 1.807) is 6.92 Å². The molecule has 68 valence electrons. The zero-order valence-corrected chi connectivity index (χ0v) is 11.0. The van der Waals surface area contributed by atoms with E-state index in [9.17, 15) is 14.7 Å². The van der Waals surface area contributed by atoms with Crippen LogP contribution in [0.2, 0.25) is 0 Å². The predicted molar refractivity (Wildman–Crippen MR) is 38.8 cm³/mol. The monoisotopic (exact) mass is 211 g/mol. The van der Waals surface area contributed by atoms with Gasteiger partial charge in [0.2, 0.25) is 0 Å². The SMILES string of the molecule is COC(=O)/C=C(/C)NCC(=O)[O-].[K+]. The number of ether oxygens (including phenoxy) is 1. The third-order valence-corrected chi connectivity index (χ3v) is 1.05. The average Bonchev–Trinajstić information content (AvgIpc) is 2.00. The first-order chi connectivity index (χ1) is 5.56. The molecule has 0 aromatic carbocycles. The summed E-state index contributed by atoms with van der Waals surface area (Å²) in [6, 6.07) is 0. The number of carbonyl (C=O) groups excluding carboxylic acids is 2. The van der Waals surface area contributed by atoms with Crippen molar-refractivity contribution in [3.8, 4) is 0 Å². The molecular weight excluding hydrogens is 201 g/mol. The number of carboxylic acids is 1. The summed E-state index contributed by atoms with van der Waals surface area (Å²) in [5.74, 6) is -1.76. The van der Waals surface area contributed by atoms with Crippen molar-refractivity contribution in [1.82, 2.24) is 5.32 Å². The second kappa shape index (κ2) is 8.70. The number of allylic oxidation sites excluding steroid dienone is 1. The van der Waals surface area contributed by atoms with Gasteiger partial charge < -0.3 is 20.0 Å². The zero-order valence-electron chi connectivity index (χ0n) is 7.92. The summed E-state index contributed by atoms with van der Waals surface area (Å²) in [6.07, 6.45) is 1.16. The minimum absolute atomic E-state index is 0. The molecule has 0 heterocycles. The number of carboxylic acid groups (broad SMARTS) is 1. The van der Waals surface area contributed by atoms with Crippen molar-refractivity contribution in [2.45, 2.75) is 6.92 Å². The third kappa shape index (κ3) is 10.0. The van der Waals surface area contributed by atoms with Crippen molar-refractivity contribution < 1.29 is 70.8 Å². The van der Waals surface area contributed by atoms with Crippen LogP contribution in [0.15, 0.2) is 11.8 Å². The summed E-state index contributed by atoms with van der Waals surface area (Å²) in [5.41, 5.74) is 0.422. The van der Waals surface area contributed by atoms with Crippen LogP contribution < -0.4 is 61.8 Å². The predicted octanol–water partition coefficient (Wildman–Crippen LogP) is -4.59. The van der Waals surface area contributed by atoms with E-state index in [-0.39, 0.29) is 57.9 Å². The molecule has 0 radical (unpaired) electrons. The summed E-state index contributed by atoms with van der Waals surface area (Å²) < 4.78 is 4.31. The van der Waals surface area contributed by atoms with Gasteiger partial charge in [0, 0.05) is 11.8 Å². The van der Waals surface area contributed by atoms with Crippen LogP contribution in [0.5, 0.6) is 0 Å². The first-order valence-electron chi connectivity index (χ1n) is 3.26. The van der Waals surface area contributed by atoms with E-state index in [1.165, 1.54) is 7.11 Å². The van der Waals surface area contributed by atoms with Crippen LogP contribution in [-0.2, 0) is 14.3 Å². The fourth-order valence-corrected chi connectivity index (χ4v) is 0.498. The van der Waals surface area contributed by atoms with Gasteiger partial charge in [0.15, 0.2) is 0 Å². The molecule has 0 atom stereocenters. The summed E-state index contributed by atoms with van der Waals surface area (Å²) in [4.78, 5) is 20.5. The van der Waals surface area contributed by atoms with Crippen LogP contribution >= 0.6 is 0 Å². The second-order valence-corrected chi connectivity index (χ2v) is 2.08. The Bertz CT molecular complexity index is 215. The largest absolute Gasteiger partial charge is 1.00 e. The van der Waals surface area contributed by atoms with Crippen LogP contribution in [0.1, 0.15) is 6.92 Å².